The fraction of sp³-hybridized carbons (Fsp3) is 0.167. The van der Waals surface area contributed by atoms with Crippen LogP contribution in [0.15, 0.2) is 53.6 Å². The van der Waals surface area contributed by atoms with Crippen molar-refractivity contribution in [2.45, 2.75) is 0 Å². The minimum absolute atomic E-state index is 0.229. The van der Waals surface area contributed by atoms with Crippen LogP contribution in [-0.2, 0) is 4.79 Å². The number of rotatable bonds is 6. The number of amides is 2. The molecular weight excluding hydrogens is 323 g/mol. The lowest BCUT2D eigenvalue weighted by Crippen LogP contribution is -2.34. The predicted molar refractivity (Wildman–Crippen MR) is 95.2 cm³/mol. The molecule has 7 heteroatoms. The van der Waals surface area contributed by atoms with Crippen LogP contribution in [0.5, 0.6) is 0 Å². The van der Waals surface area contributed by atoms with Crippen LogP contribution < -0.4 is 15.6 Å². The lowest BCUT2D eigenvalue weighted by Gasteiger charge is -2.11. The third-order valence-electron chi connectivity index (χ3n) is 3.33. The standard InChI is InChI=1S/C18H19FN4O2/c1-23(2)16-9-3-13(4-10-16)11-21-22-17(24)12-20-18(25)14-5-7-15(19)8-6-14/h3-11H,12H2,1-2H3,(H,20,25)(H,22,24)/b21-11+. The molecule has 0 aliphatic carbocycles. The molecule has 2 rings (SSSR count). The maximum absolute atomic E-state index is 12.8. The van der Waals surface area contributed by atoms with Crippen LogP contribution in [0.3, 0.4) is 0 Å². The highest BCUT2D eigenvalue weighted by molar-refractivity contribution is 5.96. The molecule has 0 aromatic heterocycles. The summed E-state index contributed by atoms with van der Waals surface area (Å²) in [6, 6.07) is 12.7. The molecule has 2 aromatic rings. The van der Waals surface area contributed by atoms with Gasteiger partial charge in [-0.2, -0.15) is 5.10 Å². The first-order valence-corrected chi connectivity index (χ1v) is 7.59. The summed E-state index contributed by atoms with van der Waals surface area (Å²) in [5.41, 5.74) is 4.50. The number of nitrogens with one attached hydrogen (secondary N) is 2. The van der Waals surface area contributed by atoms with Crippen molar-refractivity contribution in [2.75, 3.05) is 25.5 Å². The second kappa shape index (κ2) is 8.58. The predicted octanol–water partition coefficient (Wildman–Crippen LogP) is 1.77. The summed E-state index contributed by atoms with van der Waals surface area (Å²) in [5, 5.41) is 6.27. The van der Waals surface area contributed by atoms with Crippen molar-refractivity contribution < 1.29 is 14.0 Å². The second-order valence-electron chi connectivity index (χ2n) is 5.47. The first-order valence-electron chi connectivity index (χ1n) is 7.59. The average Bonchev–Trinajstić information content (AvgIpc) is 2.60. The Morgan fingerprint density at radius 1 is 1.08 bits per heavy atom. The number of hydrogen-bond donors (Lipinski definition) is 2. The first kappa shape index (κ1) is 18.1. The van der Waals surface area contributed by atoms with Crippen molar-refractivity contribution >= 4 is 23.7 Å². The van der Waals surface area contributed by atoms with Crippen molar-refractivity contribution in [1.29, 1.82) is 0 Å². The molecule has 0 unspecified atom stereocenters. The molecule has 0 saturated heterocycles. The van der Waals surface area contributed by atoms with Gasteiger partial charge >= 0.3 is 0 Å². The van der Waals surface area contributed by atoms with Gasteiger partial charge in [0.1, 0.15) is 5.82 Å². The van der Waals surface area contributed by atoms with Crippen molar-refractivity contribution in [2.24, 2.45) is 5.10 Å². The molecule has 0 saturated carbocycles. The van der Waals surface area contributed by atoms with Crippen LogP contribution in [0.2, 0.25) is 0 Å². The van der Waals surface area contributed by atoms with Crippen molar-refractivity contribution in [1.82, 2.24) is 10.7 Å². The number of carbonyl (C=O) groups excluding carboxylic acids is 2. The smallest absolute Gasteiger partial charge is 0.259 e. The van der Waals surface area contributed by atoms with Gasteiger partial charge in [-0.15, -0.1) is 0 Å². The van der Waals surface area contributed by atoms with Crippen molar-refractivity contribution in [3.8, 4) is 0 Å². The first-order chi connectivity index (χ1) is 12.0. The van der Waals surface area contributed by atoms with E-state index in [9.17, 15) is 14.0 Å². The quantitative estimate of drug-likeness (QED) is 0.621. The van der Waals surface area contributed by atoms with Crippen molar-refractivity contribution in [3.05, 3.63) is 65.5 Å². The van der Waals surface area contributed by atoms with Crippen LogP contribution in [0.1, 0.15) is 15.9 Å². The zero-order valence-electron chi connectivity index (χ0n) is 14.0. The number of hydrazone groups is 1. The van der Waals surface area contributed by atoms with E-state index < -0.39 is 17.6 Å². The minimum atomic E-state index is -0.461. The Bertz CT molecular complexity index is 756. The van der Waals surface area contributed by atoms with Gasteiger partial charge in [-0.25, -0.2) is 9.82 Å². The molecule has 0 bridgehead atoms. The molecule has 0 aliphatic heterocycles. The van der Waals surface area contributed by atoms with Gasteiger partial charge in [-0.1, -0.05) is 12.1 Å². The number of nitrogens with zero attached hydrogens (tertiary/aromatic N) is 2. The molecule has 0 spiro atoms. The summed E-state index contributed by atoms with van der Waals surface area (Å²) < 4.78 is 12.8. The molecule has 25 heavy (non-hydrogen) atoms. The lowest BCUT2D eigenvalue weighted by atomic mass is 10.2. The Morgan fingerprint density at radius 3 is 2.32 bits per heavy atom. The molecule has 6 nitrogen and oxygen atoms in total. The summed E-state index contributed by atoms with van der Waals surface area (Å²) in [4.78, 5) is 25.4. The van der Waals surface area contributed by atoms with E-state index in [2.05, 4.69) is 15.8 Å². The van der Waals surface area contributed by atoms with Gasteiger partial charge < -0.3 is 10.2 Å². The molecule has 0 aliphatic rings. The molecule has 0 heterocycles. The summed E-state index contributed by atoms with van der Waals surface area (Å²) in [5.74, 6) is -1.35. The number of anilines is 1. The summed E-state index contributed by atoms with van der Waals surface area (Å²) in [6.07, 6.45) is 1.51. The van der Waals surface area contributed by atoms with Gasteiger partial charge in [0.25, 0.3) is 11.8 Å². The Kier molecular flexibility index (Phi) is 6.22. The molecule has 2 amide bonds. The highest BCUT2D eigenvalue weighted by Crippen LogP contribution is 2.10. The van der Waals surface area contributed by atoms with E-state index in [-0.39, 0.29) is 12.1 Å². The normalized spacial score (nSPS) is 10.5. The summed E-state index contributed by atoms with van der Waals surface area (Å²) in [7, 11) is 3.90. The van der Waals surface area contributed by atoms with Crippen LogP contribution in [0.4, 0.5) is 10.1 Å². The third kappa shape index (κ3) is 5.72. The molecule has 0 fully saturated rings. The van der Waals surface area contributed by atoms with E-state index in [0.29, 0.717) is 0 Å². The van der Waals surface area contributed by atoms with Crippen LogP contribution in [0, 0.1) is 5.82 Å². The molecule has 2 N–H and O–H groups in total. The van der Waals surface area contributed by atoms with Gasteiger partial charge in [-0.05, 0) is 42.0 Å². The van der Waals surface area contributed by atoms with Crippen LogP contribution in [-0.4, -0.2) is 38.7 Å². The van der Waals surface area contributed by atoms with Gasteiger partial charge in [-0.3, -0.25) is 9.59 Å². The molecule has 0 radical (unpaired) electrons. The van der Waals surface area contributed by atoms with Crippen molar-refractivity contribution in [3.63, 3.8) is 0 Å². The van der Waals surface area contributed by atoms with Gasteiger partial charge in [0.2, 0.25) is 0 Å². The van der Waals surface area contributed by atoms with E-state index in [1.165, 1.54) is 30.5 Å². The molecular formula is C18H19FN4O2. The SMILES string of the molecule is CN(C)c1ccc(/C=N/NC(=O)CNC(=O)c2ccc(F)cc2)cc1. The van der Waals surface area contributed by atoms with E-state index in [4.69, 9.17) is 0 Å². The van der Waals surface area contributed by atoms with E-state index in [1.807, 2.05) is 43.3 Å². The maximum Gasteiger partial charge on any atom is 0.259 e. The Morgan fingerprint density at radius 2 is 1.72 bits per heavy atom. The Labute approximate surface area is 145 Å². The second-order valence-corrected chi connectivity index (χ2v) is 5.47. The molecule has 0 atom stereocenters. The van der Waals surface area contributed by atoms with E-state index in [1.54, 1.807) is 0 Å². The average molecular weight is 342 g/mol. The Hall–Kier alpha value is -3.22. The van der Waals surface area contributed by atoms with Gasteiger partial charge in [0.15, 0.2) is 0 Å². The third-order valence-corrected chi connectivity index (χ3v) is 3.33. The van der Waals surface area contributed by atoms with E-state index in [0.717, 1.165) is 11.3 Å². The zero-order valence-corrected chi connectivity index (χ0v) is 14.0. The summed E-state index contributed by atoms with van der Waals surface area (Å²) in [6.45, 7) is -0.229. The van der Waals surface area contributed by atoms with Gasteiger partial charge in [0, 0.05) is 25.3 Å². The fourth-order valence-electron chi connectivity index (χ4n) is 1.94. The highest BCUT2D eigenvalue weighted by atomic mass is 19.1. The number of benzene rings is 2. The molecule has 2 aromatic carbocycles. The maximum atomic E-state index is 12.8. The lowest BCUT2D eigenvalue weighted by molar-refractivity contribution is -0.120. The monoisotopic (exact) mass is 342 g/mol. The van der Waals surface area contributed by atoms with Gasteiger partial charge in [0.05, 0.1) is 12.8 Å². The van der Waals surface area contributed by atoms with Crippen LogP contribution >= 0.6 is 0 Å². The zero-order chi connectivity index (χ0) is 18.2. The Balaban J connectivity index is 1.78. The minimum Gasteiger partial charge on any atom is -0.378 e. The summed E-state index contributed by atoms with van der Waals surface area (Å²) >= 11 is 0. The number of halogens is 1. The largest absolute Gasteiger partial charge is 0.378 e. The fourth-order valence-corrected chi connectivity index (χ4v) is 1.94. The molecule has 130 valence electrons. The highest BCUT2D eigenvalue weighted by Gasteiger charge is 2.07. The van der Waals surface area contributed by atoms with E-state index >= 15 is 0 Å². The topological polar surface area (TPSA) is 73.8 Å². The van der Waals surface area contributed by atoms with Crippen LogP contribution in [0.25, 0.3) is 0 Å². The number of hydrogen-bond acceptors (Lipinski definition) is 4. The number of carbonyl (C=O) groups is 2.